The predicted molar refractivity (Wildman–Crippen MR) is 116 cm³/mol. The standard InChI is InChI=1S/C23H18Cl2N2O2/c24-21-12-11-15(22(25)27-21)6-5-13-26-23(28)29-14-20-18-9-3-1-7-16(18)17-8-2-4-10-19(17)20/h1-12,20H,13-14H2,(H,26,28). The summed E-state index contributed by atoms with van der Waals surface area (Å²) in [6.45, 7) is 0.603. The molecule has 0 radical (unpaired) electrons. The number of carbonyl (C=O) groups is 1. The van der Waals surface area contributed by atoms with Gasteiger partial charge in [0.2, 0.25) is 0 Å². The first kappa shape index (κ1) is 19.5. The Balaban J connectivity index is 1.34. The number of pyridine rings is 1. The average molecular weight is 425 g/mol. The molecule has 0 atom stereocenters. The average Bonchev–Trinajstić information content (AvgIpc) is 3.05. The van der Waals surface area contributed by atoms with Crippen molar-refractivity contribution >= 4 is 35.4 Å². The van der Waals surface area contributed by atoms with E-state index in [1.807, 2.05) is 24.3 Å². The van der Waals surface area contributed by atoms with E-state index in [0.717, 1.165) is 5.56 Å². The lowest BCUT2D eigenvalue weighted by Crippen LogP contribution is -2.26. The second-order valence-electron chi connectivity index (χ2n) is 6.62. The largest absolute Gasteiger partial charge is 0.449 e. The van der Waals surface area contributed by atoms with Gasteiger partial charge in [-0.25, -0.2) is 9.78 Å². The lowest BCUT2D eigenvalue weighted by atomic mass is 9.98. The van der Waals surface area contributed by atoms with Crippen molar-refractivity contribution in [1.82, 2.24) is 10.3 Å². The summed E-state index contributed by atoms with van der Waals surface area (Å²) in [5.74, 6) is 0.0441. The summed E-state index contributed by atoms with van der Waals surface area (Å²) in [7, 11) is 0. The molecule has 0 fully saturated rings. The van der Waals surface area contributed by atoms with Gasteiger partial charge in [0.05, 0.1) is 0 Å². The van der Waals surface area contributed by atoms with Crippen LogP contribution in [0.15, 0.2) is 66.7 Å². The minimum absolute atomic E-state index is 0.0441. The lowest BCUT2D eigenvalue weighted by Gasteiger charge is -2.14. The quantitative estimate of drug-likeness (QED) is 0.515. The van der Waals surface area contributed by atoms with E-state index in [0.29, 0.717) is 16.9 Å². The third-order valence-electron chi connectivity index (χ3n) is 4.85. The van der Waals surface area contributed by atoms with Gasteiger partial charge in [0.1, 0.15) is 16.9 Å². The zero-order chi connectivity index (χ0) is 20.2. The van der Waals surface area contributed by atoms with Gasteiger partial charge in [-0.1, -0.05) is 83.9 Å². The molecule has 1 heterocycles. The number of nitrogens with zero attached hydrogens (tertiary/aromatic N) is 1. The van der Waals surface area contributed by atoms with Crippen LogP contribution in [-0.2, 0) is 4.74 Å². The Hall–Kier alpha value is -2.82. The summed E-state index contributed by atoms with van der Waals surface area (Å²) in [5.41, 5.74) is 5.50. The van der Waals surface area contributed by atoms with Crippen molar-refractivity contribution in [3.63, 3.8) is 0 Å². The van der Waals surface area contributed by atoms with E-state index >= 15 is 0 Å². The van der Waals surface area contributed by atoms with Crippen LogP contribution in [0.1, 0.15) is 22.6 Å². The van der Waals surface area contributed by atoms with Gasteiger partial charge < -0.3 is 10.1 Å². The van der Waals surface area contributed by atoms with Crippen molar-refractivity contribution in [2.45, 2.75) is 5.92 Å². The van der Waals surface area contributed by atoms with Crippen molar-refractivity contribution in [2.75, 3.05) is 13.2 Å². The summed E-state index contributed by atoms with van der Waals surface area (Å²) in [4.78, 5) is 16.1. The maximum atomic E-state index is 12.1. The summed E-state index contributed by atoms with van der Waals surface area (Å²) < 4.78 is 5.49. The molecule has 1 aliphatic carbocycles. The molecule has 1 aliphatic rings. The Morgan fingerprint density at radius 1 is 1.00 bits per heavy atom. The number of hydrogen-bond acceptors (Lipinski definition) is 3. The summed E-state index contributed by atoms with van der Waals surface area (Å²) in [5, 5.41) is 3.37. The van der Waals surface area contributed by atoms with Crippen LogP contribution >= 0.6 is 23.2 Å². The molecule has 1 amide bonds. The SMILES string of the molecule is O=C(NCC=Cc1ccc(Cl)nc1Cl)OCC1c2ccccc2-c2ccccc21. The lowest BCUT2D eigenvalue weighted by molar-refractivity contribution is 0.144. The molecular formula is C23H18Cl2N2O2. The van der Waals surface area contributed by atoms with Crippen LogP contribution in [0, 0.1) is 0 Å². The molecule has 0 aliphatic heterocycles. The zero-order valence-electron chi connectivity index (χ0n) is 15.4. The van der Waals surface area contributed by atoms with Crippen molar-refractivity contribution in [3.8, 4) is 11.1 Å². The Morgan fingerprint density at radius 2 is 1.66 bits per heavy atom. The molecule has 0 saturated heterocycles. The first-order valence-corrected chi connectivity index (χ1v) is 9.96. The van der Waals surface area contributed by atoms with E-state index in [-0.39, 0.29) is 12.5 Å². The molecular weight excluding hydrogens is 407 g/mol. The van der Waals surface area contributed by atoms with Gasteiger partial charge in [0.25, 0.3) is 0 Å². The number of ether oxygens (including phenoxy) is 1. The molecule has 0 spiro atoms. The minimum Gasteiger partial charge on any atom is -0.449 e. The van der Waals surface area contributed by atoms with Gasteiger partial charge >= 0.3 is 6.09 Å². The van der Waals surface area contributed by atoms with Crippen molar-refractivity contribution in [2.24, 2.45) is 0 Å². The predicted octanol–water partition coefficient (Wildman–Crippen LogP) is 5.94. The van der Waals surface area contributed by atoms with Crippen molar-refractivity contribution in [1.29, 1.82) is 0 Å². The fourth-order valence-electron chi connectivity index (χ4n) is 3.52. The van der Waals surface area contributed by atoms with Gasteiger partial charge in [-0.2, -0.15) is 0 Å². The van der Waals surface area contributed by atoms with Crippen LogP contribution in [0.5, 0.6) is 0 Å². The van der Waals surface area contributed by atoms with Crippen LogP contribution < -0.4 is 5.32 Å². The van der Waals surface area contributed by atoms with Crippen molar-refractivity contribution < 1.29 is 9.53 Å². The van der Waals surface area contributed by atoms with E-state index in [1.165, 1.54) is 22.3 Å². The molecule has 4 nitrogen and oxygen atoms in total. The van der Waals surface area contributed by atoms with Gasteiger partial charge in [-0.15, -0.1) is 0 Å². The van der Waals surface area contributed by atoms with Crippen LogP contribution in [0.25, 0.3) is 17.2 Å². The topological polar surface area (TPSA) is 51.2 Å². The molecule has 3 aromatic rings. The third-order valence-corrected chi connectivity index (χ3v) is 5.36. The second-order valence-corrected chi connectivity index (χ2v) is 7.37. The van der Waals surface area contributed by atoms with Crippen LogP contribution in [0.3, 0.4) is 0 Å². The zero-order valence-corrected chi connectivity index (χ0v) is 17.0. The highest BCUT2D eigenvalue weighted by Crippen LogP contribution is 2.44. The number of nitrogens with one attached hydrogen (secondary N) is 1. The van der Waals surface area contributed by atoms with Gasteiger partial charge in [-0.3, -0.25) is 0 Å². The van der Waals surface area contributed by atoms with Crippen LogP contribution in [0.4, 0.5) is 4.79 Å². The van der Waals surface area contributed by atoms with Gasteiger partial charge in [0.15, 0.2) is 0 Å². The highest BCUT2D eigenvalue weighted by Gasteiger charge is 2.28. The maximum Gasteiger partial charge on any atom is 0.407 e. The normalized spacial score (nSPS) is 12.6. The molecule has 0 saturated carbocycles. The Bertz CT molecular complexity index is 1040. The van der Waals surface area contributed by atoms with E-state index in [9.17, 15) is 4.79 Å². The van der Waals surface area contributed by atoms with E-state index < -0.39 is 6.09 Å². The fourth-order valence-corrected chi connectivity index (χ4v) is 3.93. The Labute approximate surface area is 179 Å². The molecule has 29 heavy (non-hydrogen) atoms. The molecule has 6 heteroatoms. The number of alkyl carbamates (subject to hydrolysis) is 1. The number of rotatable bonds is 5. The van der Waals surface area contributed by atoms with E-state index in [2.05, 4.69) is 34.6 Å². The summed E-state index contributed by atoms with van der Waals surface area (Å²) in [6.07, 6.45) is 3.09. The second kappa shape index (κ2) is 8.68. The monoisotopic (exact) mass is 424 g/mol. The smallest absolute Gasteiger partial charge is 0.407 e. The number of benzene rings is 2. The molecule has 0 unspecified atom stereocenters. The fraction of sp³-hybridized carbons (Fsp3) is 0.130. The summed E-state index contributed by atoms with van der Waals surface area (Å²) in [6, 6.07) is 19.9. The van der Waals surface area contributed by atoms with Gasteiger partial charge in [0, 0.05) is 18.0 Å². The first-order chi connectivity index (χ1) is 14.1. The number of fused-ring (bicyclic) bond motifs is 3. The number of halogens is 2. The number of amides is 1. The third kappa shape index (κ3) is 4.29. The maximum absolute atomic E-state index is 12.1. The van der Waals surface area contributed by atoms with Crippen LogP contribution in [-0.4, -0.2) is 24.2 Å². The number of aromatic nitrogens is 1. The first-order valence-electron chi connectivity index (χ1n) is 9.21. The molecule has 2 aromatic carbocycles. The highest BCUT2D eigenvalue weighted by atomic mass is 35.5. The number of hydrogen-bond donors (Lipinski definition) is 1. The molecule has 146 valence electrons. The Kier molecular flexibility index (Phi) is 5.84. The number of carbonyl (C=O) groups excluding carboxylic acids is 1. The molecule has 1 aromatic heterocycles. The van der Waals surface area contributed by atoms with Crippen molar-refractivity contribution in [3.05, 3.63) is 93.7 Å². The molecule has 1 N–H and O–H groups in total. The highest BCUT2D eigenvalue weighted by molar-refractivity contribution is 6.33. The summed E-state index contributed by atoms with van der Waals surface area (Å²) >= 11 is 11.8. The molecule has 0 bridgehead atoms. The van der Waals surface area contributed by atoms with E-state index in [4.69, 9.17) is 27.9 Å². The van der Waals surface area contributed by atoms with E-state index in [1.54, 1.807) is 24.3 Å². The van der Waals surface area contributed by atoms with Gasteiger partial charge in [-0.05, 0) is 34.4 Å². The van der Waals surface area contributed by atoms with Crippen LogP contribution in [0.2, 0.25) is 10.3 Å². The molecule has 4 rings (SSSR count). The minimum atomic E-state index is -0.461. The Morgan fingerprint density at radius 3 is 2.31 bits per heavy atom.